The highest BCUT2D eigenvalue weighted by molar-refractivity contribution is 5.73. The van der Waals surface area contributed by atoms with Crippen LogP contribution < -0.4 is 5.73 Å². The fourth-order valence-electron chi connectivity index (χ4n) is 1.26. The van der Waals surface area contributed by atoms with Gasteiger partial charge >= 0.3 is 0 Å². The van der Waals surface area contributed by atoms with E-state index in [1.54, 1.807) is 0 Å². The van der Waals surface area contributed by atoms with Crippen molar-refractivity contribution in [2.75, 3.05) is 0 Å². The number of hydrogen-bond donors (Lipinski definition) is 1. The van der Waals surface area contributed by atoms with Crippen LogP contribution in [-0.2, 0) is 4.79 Å². The molecule has 0 aliphatic rings. The van der Waals surface area contributed by atoms with Crippen molar-refractivity contribution in [3.63, 3.8) is 0 Å². The second kappa shape index (κ2) is 4.37. The third-order valence-corrected chi connectivity index (χ3v) is 1.97. The molecule has 0 saturated carbocycles. The smallest absolute Gasteiger partial charge is 0.217 e. The quantitative estimate of drug-likeness (QED) is 0.652. The van der Waals surface area contributed by atoms with Crippen LogP contribution in [0.4, 0.5) is 0 Å². The van der Waals surface area contributed by atoms with Crippen molar-refractivity contribution in [2.24, 2.45) is 11.1 Å². The second-order valence-electron chi connectivity index (χ2n) is 3.88. The first kappa shape index (κ1) is 10.5. The minimum Gasteiger partial charge on any atom is -0.370 e. The molecule has 11 heavy (non-hydrogen) atoms. The molecule has 0 aromatic heterocycles. The first-order valence-electron chi connectivity index (χ1n) is 4.26. The lowest BCUT2D eigenvalue weighted by molar-refractivity contribution is -0.118. The van der Waals surface area contributed by atoms with Crippen LogP contribution in [0, 0.1) is 5.41 Å². The minimum absolute atomic E-state index is 0.186. The average molecular weight is 157 g/mol. The van der Waals surface area contributed by atoms with Gasteiger partial charge < -0.3 is 5.73 Å². The van der Waals surface area contributed by atoms with E-state index in [9.17, 15) is 4.79 Å². The van der Waals surface area contributed by atoms with Gasteiger partial charge in [0.25, 0.3) is 0 Å². The number of hydrogen-bond acceptors (Lipinski definition) is 1. The molecule has 0 atom stereocenters. The zero-order chi connectivity index (χ0) is 8.91. The number of primary amides is 1. The van der Waals surface area contributed by atoms with Gasteiger partial charge in [0.05, 0.1) is 0 Å². The molecule has 2 N–H and O–H groups in total. The molecule has 0 aromatic carbocycles. The number of amides is 1. The fraction of sp³-hybridized carbons (Fsp3) is 0.889. The average Bonchev–Trinajstić information content (AvgIpc) is 1.84. The van der Waals surface area contributed by atoms with Crippen LogP contribution in [0.2, 0.25) is 0 Å². The summed E-state index contributed by atoms with van der Waals surface area (Å²) in [5.41, 5.74) is 5.34. The molecule has 2 nitrogen and oxygen atoms in total. The number of nitrogens with two attached hydrogens (primary N) is 1. The molecular formula is C9H19NO. The summed E-state index contributed by atoms with van der Waals surface area (Å²) in [4.78, 5) is 10.5. The first-order chi connectivity index (χ1) is 4.98. The van der Waals surface area contributed by atoms with E-state index in [-0.39, 0.29) is 11.3 Å². The molecule has 1 amide bonds. The van der Waals surface area contributed by atoms with E-state index in [1.807, 2.05) is 0 Å². The molecule has 0 rings (SSSR count). The molecule has 0 unspecified atom stereocenters. The van der Waals surface area contributed by atoms with Crippen molar-refractivity contribution in [2.45, 2.75) is 46.5 Å². The van der Waals surface area contributed by atoms with E-state index in [4.69, 9.17) is 5.73 Å². The Bertz CT molecular complexity index is 130. The highest BCUT2D eigenvalue weighted by atomic mass is 16.1. The van der Waals surface area contributed by atoms with Crippen LogP contribution >= 0.6 is 0 Å². The SMILES string of the molecule is CCCC(C)(C)CCC(N)=O. The molecule has 0 saturated heterocycles. The van der Waals surface area contributed by atoms with Gasteiger partial charge in [-0.1, -0.05) is 27.2 Å². The first-order valence-corrected chi connectivity index (χ1v) is 4.26. The Balaban J connectivity index is 3.63. The maximum atomic E-state index is 10.5. The summed E-state index contributed by atoms with van der Waals surface area (Å²) in [6.07, 6.45) is 3.77. The summed E-state index contributed by atoms with van der Waals surface area (Å²) in [5.74, 6) is -0.186. The van der Waals surface area contributed by atoms with Gasteiger partial charge in [-0.2, -0.15) is 0 Å². The number of carbonyl (C=O) groups excluding carboxylic acids is 1. The summed E-state index contributed by atoms with van der Waals surface area (Å²) in [6, 6.07) is 0. The zero-order valence-corrected chi connectivity index (χ0v) is 7.81. The van der Waals surface area contributed by atoms with Crippen LogP contribution in [0.15, 0.2) is 0 Å². The van der Waals surface area contributed by atoms with Crippen LogP contribution in [0.25, 0.3) is 0 Å². The van der Waals surface area contributed by atoms with Crippen molar-refractivity contribution in [3.05, 3.63) is 0 Å². The van der Waals surface area contributed by atoms with Gasteiger partial charge in [0, 0.05) is 6.42 Å². The van der Waals surface area contributed by atoms with E-state index in [0.29, 0.717) is 6.42 Å². The highest BCUT2D eigenvalue weighted by Gasteiger charge is 2.16. The zero-order valence-electron chi connectivity index (χ0n) is 7.81. The van der Waals surface area contributed by atoms with E-state index >= 15 is 0 Å². The fourth-order valence-corrected chi connectivity index (χ4v) is 1.26. The summed E-state index contributed by atoms with van der Waals surface area (Å²) >= 11 is 0. The Labute approximate surface area is 69.2 Å². The molecule has 2 heteroatoms. The van der Waals surface area contributed by atoms with Gasteiger partial charge in [-0.3, -0.25) is 4.79 Å². The van der Waals surface area contributed by atoms with E-state index in [0.717, 1.165) is 6.42 Å². The van der Waals surface area contributed by atoms with Gasteiger partial charge in [-0.25, -0.2) is 0 Å². The standard InChI is InChI=1S/C9H19NO/c1-4-6-9(2,3)7-5-8(10)11/h4-7H2,1-3H3,(H2,10,11). The maximum Gasteiger partial charge on any atom is 0.217 e. The Morgan fingerprint density at radius 2 is 1.91 bits per heavy atom. The van der Waals surface area contributed by atoms with Gasteiger partial charge in [0.2, 0.25) is 5.91 Å². The monoisotopic (exact) mass is 157 g/mol. The largest absolute Gasteiger partial charge is 0.370 e. The summed E-state index contributed by atoms with van der Waals surface area (Å²) in [7, 11) is 0. The highest BCUT2D eigenvalue weighted by Crippen LogP contribution is 2.27. The van der Waals surface area contributed by atoms with Crippen LogP contribution in [0.3, 0.4) is 0 Å². The van der Waals surface area contributed by atoms with Gasteiger partial charge in [-0.15, -0.1) is 0 Å². The topological polar surface area (TPSA) is 43.1 Å². The Morgan fingerprint density at radius 3 is 2.27 bits per heavy atom. The third kappa shape index (κ3) is 5.89. The Kier molecular flexibility index (Phi) is 4.16. The van der Waals surface area contributed by atoms with Crippen molar-refractivity contribution >= 4 is 5.91 Å². The van der Waals surface area contributed by atoms with Crippen molar-refractivity contribution in [1.82, 2.24) is 0 Å². The van der Waals surface area contributed by atoms with Crippen LogP contribution in [0.5, 0.6) is 0 Å². The van der Waals surface area contributed by atoms with Crippen LogP contribution in [0.1, 0.15) is 46.5 Å². The number of carbonyl (C=O) groups is 1. The van der Waals surface area contributed by atoms with E-state index < -0.39 is 0 Å². The van der Waals surface area contributed by atoms with Gasteiger partial charge in [0.1, 0.15) is 0 Å². The van der Waals surface area contributed by atoms with Crippen LogP contribution in [-0.4, -0.2) is 5.91 Å². The van der Waals surface area contributed by atoms with E-state index in [1.165, 1.54) is 12.8 Å². The van der Waals surface area contributed by atoms with Crippen molar-refractivity contribution < 1.29 is 4.79 Å². The molecule has 0 spiro atoms. The molecular weight excluding hydrogens is 138 g/mol. The second-order valence-corrected chi connectivity index (χ2v) is 3.88. The number of rotatable bonds is 5. The lowest BCUT2D eigenvalue weighted by Crippen LogP contribution is -2.17. The molecule has 66 valence electrons. The maximum absolute atomic E-state index is 10.5. The van der Waals surface area contributed by atoms with Gasteiger partial charge in [-0.05, 0) is 18.3 Å². The molecule has 0 radical (unpaired) electrons. The predicted octanol–water partition coefficient (Wildman–Crippen LogP) is 2.08. The molecule has 0 aliphatic carbocycles. The molecule has 0 aromatic rings. The minimum atomic E-state index is -0.186. The Morgan fingerprint density at radius 1 is 1.36 bits per heavy atom. The molecule has 0 aliphatic heterocycles. The predicted molar refractivity (Wildman–Crippen MR) is 47.1 cm³/mol. The van der Waals surface area contributed by atoms with Gasteiger partial charge in [0.15, 0.2) is 0 Å². The lowest BCUT2D eigenvalue weighted by atomic mass is 9.83. The summed E-state index contributed by atoms with van der Waals surface area (Å²) in [5, 5.41) is 0. The normalized spacial score (nSPS) is 11.5. The molecule has 0 heterocycles. The lowest BCUT2D eigenvalue weighted by Gasteiger charge is -2.22. The van der Waals surface area contributed by atoms with Crippen molar-refractivity contribution in [1.29, 1.82) is 0 Å². The van der Waals surface area contributed by atoms with Crippen molar-refractivity contribution in [3.8, 4) is 0 Å². The third-order valence-electron chi connectivity index (χ3n) is 1.97. The molecule has 0 fully saturated rings. The Hall–Kier alpha value is -0.530. The molecule has 0 bridgehead atoms. The summed E-state index contributed by atoms with van der Waals surface area (Å²) in [6.45, 7) is 6.52. The summed E-state index contributed by atoms with van der Waals surface area (Å²) < 4.78 is 0. The van der Waals surface area contributed by atoms with E-state index in [2.05, 4.69) is 20.8 Å².